The highest BCUT2D eigenvalue weighted by Gasteiger charge is 2.10. The minimum absolute atomic E-state index is 0.323. The molecule has 3 nitrogen and oxygen atoms in total. The van der Waals surface area contributed by atoms with Gasteiger partial charge in [0.1, 0.15) is 5.38 Å². The molecule has 0 saturated heterocycles. The summed E-state index contributed by atoms with van der Waals surface area (Å²) < 4.78 is 0. The second-order valence-corrected chi connectivity index (χ2v) is 4.94. The highest BCUT2D eigenvalue weighted by Crippen LogP contribution is 2.10. The second-order valence-electron chi connectivity index (χ2n) is 4.28. The number of nitrogens with zero attached hydrogens (tertiary/aromatic N) is 1. The van der Waals surface area contributed by atoms with Gasteiger partial charge in [-0.1, -0.05) is 60.7 Å². The summed E-state index contributed by atoms with van der Waals surface area (Å²) in [5, 5.41) is 3.60. The molecule has 0 radical (unpaired) electrons. The van der Waals surface area contributed by atoms with E-state index in [-0.39, 0.29) is 5.91 Å². The fraction of sp³-hybridized carbons (Fsp3) is 0.125. The van der Waals surface area contributed by atoms with E-state index in [2.05, 4.69) is 10.5 Å². The number of hydrazone groups is 1. The minimum atomic E-state index is -0.619. The van der Waals surface area contributed by atoms with Gasteiger partial charge in [0.15, 0.2) is 0 Å². The highest BCUT2D eigenvalue weighted by molar-refractivity contribution is 6.30. The number of nitrogens with one attached hydrogen (secondary N) is 1. The van der Waals surface area contributed by atoms with Crippen LogP contribution in [0.5, 0.6) is 0 Å². The summed E-state index contributed by atoms with van der Waals surface area (Å²) in [4.78, 5) is 11.6. The van der Waals surface area contributed by atoms with Crippen LogP contribution in [0.15, 0.2) is 65.8 Å². The summed E-state index contributed by atoms with van der Waals surface area (Å²) in [6.07, 6.45) is 0. The lowest BCUT2D eigenvalue weighted by atomic mass is 10.0. The Labute approximate surface area is 123 Å². The quantitative estimate of drug-likeness (QED) is 0.523. The Morgan fingerprint density at radius 1 is 1.00 bits per heavy atom. The van der Waals surface area contributed by atoms with Crippen LogP contribution in [-0.2, 0) is 4.79 Å². The number of halogens is 1. The number of alkyl halides is 1. The van der Waals surface area contributed by atoms with Gasteiger partial charge in [0, 0.05) is 11.1 Å². The second kappa shape index (κ2) is 6.87. The zero-order chi connectivity index (χ0) is 14.4. The van der Waals surface area contributed by atoms with Crippen molar-refractivity contribution in [2.75, 3.05) is 0 Å². The van der Waals surface area contributed by atoms with Crippen LogP contribution in [0.4, 0.5) is 0 Å². The van der Waals surface area contributed by atoms with E-state index in [0.29, 0.717) is 5.71 Å². The molecule has 0 saturated carbocycles. The fourth-order valence-electron chi connectivity index (χ4n) is 1.69. The molecule has 2 aromatic carbocycles. The lowest BCUT2D eigenvalue weighted by molar-refractivity contribution is -0.120. The van der Waals surface area contributed by atoms with Crippen molar-refractivity contribution in [1.29, 1.82) is 0 Å². The van der Waals surface area contributed by atoms with Crippen LogP contribution in [0, 0.1) is 0 Å². The topological polar surface area (TPSA) is 41.5 Å². The SMILES string of the molecule is C[C@@H](Cl)C(=O)NN=C(c1ccccc1)c1ccccc1. The van der Waals surface area contributed by atoms with Crippen molar-refractivity contribution in [3.05, 3.63) is 71.8 Å². The molecule has 0 aliphatic rings. The third-order valence-corrected chi connectivity index (χ3v) is 2.93. The normalized spacial score (nSPS) is 11.5. The van der Waals surface area contributed by atoms with Gasteiger partial charge in [0.25, 0.3) is 5.91 Å². The first-order valence-corrected chi connectivity index (χ1v) is 6.74. The maximum absolute atomic E-state index is 11.6. The first kappa shape index (κ1) is 14.3. The van der Waals surface area contributed by atoms with Gasteiger partial charge in [-0.15, -0.1) is 11.6 Å². The zero-order valence-corrected chi connectivity index (χ0v) is 11.8. The van der Waals surface area contributed by atoms with E-state index in [0.717, 1.165) is 11.1 Å². The molecule has 1 N–H and O–H groups in total. The van der Waals surface area contributed by atoms with E-state index in [4.69, 9.17) is 11.6 Å². The zero-order valence-electron chi connectivity index (χ0n) is 11.1. The summed E-state index contributed by atoms with van der Waals surface area (Å²) >= 11 is 5.72. The number of carbonyl (C=O) groups excluding carboxylic acids is 1. The van der Waals surface area contributed by atoms with Crippen LogP contribution in [-0.4, -0.2) is 17.0 Å². The van der Waals surface area contributed by atoms with Gasteiger partial charge in [-0.05, 0) is 6.92 Å². The predicted molar refractivity (Wildman–Crippen MR) is 82.0 cm³/mol. The molecule has 0 aliphatic heterocycles. The molecule has 20 heavy (non-hydrogen) atoms. The van der Waals surface area contributed by atoms with Crippen molar-refractivity contribution >= 4 is 23.2 Å². The summed E-state index contributed by atoms with van der Waals surface area (Å²) in [7, 11) is 0. The smallest absolute Gasteiger partial charge is 0.257 e. The van der Waals surface area contributed by atoms with E-state index >= 15 is 0 Å². The average Bonchev–Trinajstić information content (AvgIpc) is 2.49. The summed E-state index contributed by atoms with van der Waals surface area (Å²) in [6, 6.07) is 19.4. The average molecular weight is 287 g/mol. The van der Waals surface area contributed by atoms with Crippen LogP contribution >= 0.6 is 11.6 Å². The third-order valence-electron chi connectivity index (χ3n) is 2.73. The van der Waals surface area contributed by atoms with Gasteiger partial charge in [-0.25, -0.2) is 5.43 Å². The molecule has 2 rings (SSSR count). The van der Waals surface area contributed by atoms with Crippen LogP contribution in [0.2, 0.25) is 0 Å². The molecule has 0 bridgehead atoms. The Hall–Kier alpha value is -2.13. The van der Waals surface area contributed by atoms with Crippen molar-refractivity contribution < 1.29 is 4.79 Å². The van der Waals surface area contributed by atoms with E-state index in [1.807, 2.05) is 60.7 Å². The summed E-state index contributed by atoms with van der Waals surface area (Å²) in [5.41, 5.74) is 5.07. The molecule has 0 aliphatic carbocycles. The van der Waals surface area contributed by atoms with Gasteiger partial charge >= 0.3 is 0 Å². The first-order chi connectivity index (χ1) is 9.68. The molecule has 0 aromatic heterocycles. The number of amides is 1. The summed E-state index contributed by atoms with van der Waals surface area (Å²) in [6.45, 7) is 1.61. The van der Waals surface area contributed by atoms with E-state index in [1.54, 1.807) is 6.92 Å². The molecular formula is C16H15ClN2O. The molecule has 102 valence electrons. The fourth-order valence-corrected chi connectivity index (χ4v) is 1.74. The Bertz CT molecular complexity index is 553. The molecule has 4 heteroatoms. The maximum Gasteiger partial charge on any atom is 0.257 e. The number of hydrogen-bond donors (Lipinski definition) is 1. The third kappa shape index (κ3) is 3.68. The molecule has 0 fully saturated rings. The highest BCUT2D eigenvalue weighted by atomic mass is 35.5. The van der Waals surface area contributed by atoms with E-state index in [1.165, 1.54) is 0 Å². The van der Waals surface area contributed by atoms with Crippen molar-refractivity contribution in [2.45, 2.75) is 12.3 Å². The Kier molecular flexibility index (Phi) is 4.91. The number of carbonyl (C=O) groups is 1. The number of hydrogen-bond acceptors (Lipinski definition) is 2. The predicted octanol–water partition coefficient (Wildman–Crippen LogP) is 3.18. The minimum Gasteiger partial charge on any atom is -0.271 e. The molecule has 0 heterocycles. The van der Waals surface area contributed by atoms with Gasteiger partial charge in [-0.3, -0.25) is 4.79 Å². The molecule has 1 atom stereocenters. The lowest BCUT2D eigenvalue weighted by Gasteiger charge is -2.08. The van der Waals surface area contributed by atoms with Gasteiger partial charge in [0.2, 0.25) is 0 Å². The van der Waals surface area contributed by atoms with Crippen LogP contribution < -0.4 is 5.43 Å². The van der Waals surface area contributed by atoms with Crippen molar-refractivity contribution in [3.8, 4) is 0 Å². The van der Waals surface area contributed by atoms with Crippen molar-refractivity contribution in [1.82, 2.24) is 5.43 Å². The molecule has 0 spiro atoms. The van der Waals surface area contributed by atoms with Crippen molar-refractivity contribution in [2.24, 2.45) is 5.10 Å². The lowest BCUT2D eigenvalue weighted by Crippen LogP contribution is -2.26. The monoisotopic (exact) mass is 286 g/mol. The number of rotatable bonds is 4. The maximum atomic E-state index is 11.6. The standard InChI is InChI=1S/C16H15ClN2O/c1-12(17)16(20)19-18-15(13-8-4-2-5-9-13)14-10-6-3-7-11-14/h2-12H,1H3,(H,19,20)/t12-/m1/s1. The Morgan fingerprint density at radius 2 is 1.45 bits per heavy atom. The molecule has 1 amide bonds. The molecule has 2 aromatic rings. The van der Waals surface area contributed by atoms with Crippen LogP contribution in [0.25, 0.3) is 0 Å². The molecular weight excluding hydrogens is 272 g/mol. The first-order valence-electron chi connectivity index (χ1n) is 6.31. The van der Waals surface area contributed by atoms with Gasteiger partial charge in [-0.2, -0.15) is 5.10 Å². The molecule has 0 unspecified atom stereocenters. The van der Waals surface area contributed by atoms with Crippen LogP contribution in [0.3, 0.4) is 0 Å². The largest absolute Gasteiger partial charge is 0.271 e. The van der Waals surface area contributed by atoms with Gasteiger partial charge in [0.05, 0.1) is 5.71 Å². The van der Waals surface area contributed by atoms with Gasteiger partial charge < -0.3 is 0 Å². The number of benzene rings is 2. The summed E-state index contributed by atoms with van der Waals surface area (Å²) in [5.74, 6) is -0.323. The van der Waals surface area contributed by atoms with Crippen molar-refractivity contribution in [3.63, 3.8) is 0 Å². The van der Waals surface area contributed by atoms with E-state index in [9.17, 15) is 4.79 Å². The Balaban J connectivity index is 2.35. The van der Waals surface area contributed by atoms with Crippen LogP contribution in [0.1, 0.15) is 18.1 Å². The van der Waals surface area contributed by atoms with E-state index < -0.39 is 5.38 Å². The Morgan fingerprint density at radius 3 is 1.85 bits per heavy atom.